The topological polar surface area (TPSA) is 58.2 Å². The van der Waals surface area contributed by atoms with Crippen LogP contribution >= 0.6 is 12.4 Å². The summed E-state index contributed by atoms with van der Waals surface area (Å²) in [5.41, 5.74) is 0.219. The van der Waals surface area contributed by atoms with Crippen molar-refractivity contribution < 1.29 is 9.31 Å². The van der Waals surface area contributed by atoms with Gasteiger partial charge in [-0.25, -0.2) is 0 Å². The molecular weight excluding hydrogens is 204 g/mol. The van der Waals surface area contributed by atoms with E-state index in [1.54, 1.807) is 11.0 Å². The molecule has 1 aliphatic rings. The lowest BCUT2D eigenvalue weighted by Crippen LogP contribution is -2.65. The van der Waals surface area contributed by atoms with Crippen molar-refractivity contribution in [2.75, 3.05) is 11.6 Å². The summed E-state index contributed by atoms with van der Waals surface area (Å²) in [7, 11) is 0. The first-order chi connectivity index (χ1) is 6.09. The second-order valence-electron chi connectivity index (χ2n) is 4.03. The maximum absolute atomic E-state index is 7.23. The molecule has 0 amide bonds. The number of hydrogen-bond donors (Lipinski definition) is 1. The molecule has 2 heterocycles. The molecule has 0 bridgehead atoms. The molecule has 14 heavy (non-hydrogen) atoms. The third kappa shape index (κ3) is 1.77. The molecule has 1 fully saturated rings. The molecular formula is C8H15ClN4O. The molecule has 1 N–H and O–H groups in total. The summed E-state index contributed by atoms with van der Waals surface area (Å²) in [6, 6.07) is 0. The average molecular weight is 219 g/mol. The van der Waals surface area contributed by atoms with Crippen LogP contribution in [0.3, 0.4) is 0 Å². The van der Waals surface area contributed by atoms with Crippen LogP contribution in [-0.2, 0) is 0 Å². The molecule has 2 rings (SSSR count). The summed E-state index contributed by atoms with van der Waals surface area (Å²) in [5, 5.41) is 13.1. The number of rotatable bonds is 1. The molecule has 5 nitrogen and oxygen atoms in total. The van der Waals surface area contributed by atoms with Crippen LogP contribution in [0.4, 0.5) is 0 Å². The van der Waals surface area contributed by atoms with E-state index in [0.29, 0.717) is 0 Å². The third-order valence-corrected chi connectivity index (χ3v) is 2.56. The SMILES string of the molecule is CC1(C)CCCN1[n+]1cc(=N)o[n-]1.Cl. The second-order valence-corrected chi connectivity index (χ2v) is 4.03. The van der Waals surface area contributed by atoms with Gasteiger partial charge in [0.1, 0.15) is 0 Å². The molecule has 0 aliphatic carbocycles. The Bertz CT molecular complexity index is 356. The van der Waals surface area contributed by atoms with E-state index in [1.165, 1.54) is 6.42 Å². The van der Waals surface area contributed by atoms with Gasteiger partial charge >= 0.3 is 0 Å². The zero-order chi connectivity index (χ0) is 9.47. The Morgan fingerprint density at radius 1 is 1.64 bits per heavy atom. The zero-order valence-corrected chi connectivity index (χ0v) is 9.17. The number of nitrogens with one attached hydrogen (secondary N) is 1. The van der Waals surface area contributed by atoms with Gasteiger partial charge in [-0.15, -0.1) is 12.4 Å². The first-order valence-electron chi connectivity index (χ1n) is 4.48. The van der Waals surface area contributed by atoms with E-state index in [1.807, 2.05) is 0 Å². The van der Waals surface area contributed by atoms with Crippen LogP contribution in [0, 0.1) is 5.41 Å². The number of halogens is 1. The first kappa shape index (κ1) is 11.1. The summed E-state index contributed by atoms with van der Waals surface area (Å²) in [5.74, 6) is 0. The van der Waals surface area contributed by atoms with Gasteiger partial charge in [-0.05, 0) is 18.1 Å². The number of aromatic nitrogens is 2. The Morgan fingerprint density at radius 2 is 2.36 bits per heavy atom. The maximum Gasteiger partial charge on any atom is 0.286 e. The van der Waals surface area contributed by atoms with E-state index in [4.69, 9.17) is 9.93 Å². The minimum Gasteiger partial charge on any atom is -0.380 e. The van der Waals surface area contributed by atoms with Crippen molar-refractivity contribution in [2.24, 2.45) is 0 Å². The van der Waals surface area contributed by atoms with Gasteiger partial charge in [0, 0.05) is 12.1 Å². The summed E-state index contributed by atoms with van der Waals surface area (Å²) < 4.78 is 4.71. The van der Waals surface area contributed by atoms with Gasteiger partial charge in [0.15, 0.2) is 0 Å². The third-order valence-electron chi connectivity index (χ3n) is 2.56. The van der Waals surface area contributed by atoms with Gasteiger partial charge in [0.2, 0.25) is 0 Å². The molecule has 0 atom stereocenters. The molecule has 0 unspecified atom stereocenters. The van der Waals surface area contributed by atoms with Crippen LogP contribution in [0.15, 0.2) is 10.7 Å². The van der Waals surface area contributed by atoms with Crippen LogP contribution in [-0.4, -0.2) is 12.1 Å². The predicted molar refractivity (Wildman–Crippen MR) is 51.7 cm³/mol. The fourth-order valence-electron chi connectivity index (χ4n) is 1.82. The Balaban J connectivity index is 0.000000980. The smallest absolute Gasteiger partial charge is 0.286 e. The maximum atomic E-state index is 7.23. The summed E-state index contributed by atoms with van der Waals surface area (Å²) in [4.78, 5) is 1.63. The van der Waals surface area contributed by atoms with Gasteiger partial charge in [0.05, 0.1) is 0 Å². The minimum absolute atomic E-state index is 0. The first-order valence-corrected chi connectivity index (χ1v) is 4.48. The monoisotopic (exact) mass is 218 g/mol. The summed E-state index contributed by atoms with van der Waals surface area (Å²) in [6.07, 6.45) is 3.91. The fraction of sp³-hybridized carbons (Fsp3) is 0.750. The Hall–Kier alpha value is -0.970. The van der Waals surface area contributed by atoms with Crippen molar-refractivity contribution in [3.05, 3.63) is 11.8 Å². The standard InChI is InChI=1S/C8H14N4O.ClH/c1-8(2)4-3-5-11(8)12-6-7(9)13-10-12;/h6,9H,3-5H2,1-2H3;1H. The van der Waals surface area contributed by atoms with Crippen LogP contribution in [0.25, 0.3) is 0 Å². The fourth-order valence-corrected chi connectivity index (χ4v) is 1.82. The lowest BCUT2D eigenvalue weighted by molar-refractivity contribution is -0.768. The molecule has 1 aromatic heterocycles. The molecule has 0 radical (unpaired) electrons. The number of nitrogens with zero attached hydrogens (tertiary/aromatic N) is 3. The number of hydrogen-bond acceptors (Lipinski definition) is 3. The average Bonchev–Trinajstić information content (AvgIpc) is 2.56. The van der Waals surface area contributed by atoms with Crippen LogP contribution in [0.2, 0.25) is 0 Å². The zero-order valence-electron chi connectivity index (χ0n) is 8.36. The van der Waals surface area contributed by atoms with Crippen molar-refractivity contribution in [1.29, 1.82) is 5.41 Å². The van der Waals surface area contributed by atoms with Gasteiger partial charge in [-0.3, -0.25) is 10.4 Å². The van der Waals surface area contributed by atoms with Crippen molar-refractivity contribution in [3.63, 3.8) is 0 Å². The van der Waals surface area contributed by atoms with E-state index < -0.39 is 0 Å². The van der Waals surface area contributed by atoms with Crippen LogP contribution in [0.1, 0.15) is 26.7 Å². The largest absolute Gasteiger partial charge is 0.380 e. The molecule has 1 aromatic rings. The Labute approximate surface area is 88.5 Å². The second kappa shape index (κ2) is 3.65. The highest BCUT2D eigenvalue weighted by molar-refractivity contribution is 5.85. The quantitative estimate of drug-likeness (QED) is 0.672. The van der Waals surface area contributed by atoms with Gasteiger partial charge in [-0.1, -0.05) is 18.6 Å². The summed E-state index contributed by atoms with van der Waals surface area (Å²) in [6.45, 7) is 5.32. The van der Waals surface area contributed by atoms with E-state index in [2.05, 4.69) is 24.1 Å². The van der Waals surface area contributed by atoms with Crippen molar-refractivity contribution >= 4 is 12.4 Å². The van der Waals surface area contributed by atoms with Crippen LogP contribution in [0.5, 0.6) is 0 Å². The van der Waals surface area contributed by atoms with Gasteiger partial charge < -0.3 is 4.52 Å². The van der Waals surface area contributed by atoms with Gasteiger partial charge in [0.25, 0.3) is 11.8 Å². The lowest BCUT2D eigenvalue weighted by atomic mass is 10.0. The van der Waals surface area contributed by atoms with E-state index >= 15 is 0 Å². The normalized spacial score (nSPS) is 19.4. The molecule has 0 saturated carbocycles. The highest BCUT2D eigenvalue weighted by Gasteiger charge is 2.32. The molecule has 6 heteroatoms. The van der Waals surface area contributed by atoms with E-state index in [0.717, 1.165) is 13.0 Å². The summed E-state index contributed by atoms with van der Waals surface area (Å²) >= 11 is 0. The van der Waals surface area contributed by atoms with Crippen molar-refractivity contribution in [2.45, 2.75) is 32.2 Å². The highest BCUT2D eigenvalue weighted by Crippen LogP contribution is 2.23. The lowest BCUT2D eigenvalue weighted by Gasteiger charge is -2.31. The Morgan fingerprint density at radius 3 is 2.79 bits per heavy atom. The highest BCUT2D eigenvalue weighted by atomic mass is 35.5. The molecule has 1 saturated heterocycles. The van der Waals surface area contributed by atoms with Crippen molar-refractivity contribution in [3.8, 4) is 0 Å². The predicted octanol–water partition coefficient (Wildman–Crippen LogP) is -0.0640. The molecule has 0 spiro atoms. The van der Waals surface area contributed by atoms with E-state index in [9.17, 15) is 0 Å². The van der Waals surface area contributed by atoms with Crippen LogP contribution < -0.4 is 20.6 Å². The minimum atomic E-state index is 0. The molecule has 80 valence electrons. The van der Waals surface area contributed by atoms with Gasteiger partial charge in [-0.2, -0.15) is 0 Å². The molecule has 0 aromatic carbocycles. The van der Waals surface area contributed by atoms with Crippen molar-refractivity contribution in [1.82, 2.24) is 5.27 Å². The van der Waals surface area contributed by atoms with E-state index in [-0.39, 0.29) is 23.5 Å². The Kier molecular flexibility index (Phi) is 2.89. The molecule has 1 aliphatic heterocycles.